The van der Waals surface area contributed by atoms with Crippen LogP contribution in [0.25, 0.3) is 0 Å². The van der Waals surface area contributed by atoms with E-state index in [4.69, 9.17) is 0 Å². The van der Waals surface area contributed by atoms with Crippen molar-refractivity contribution in [2.75, 3.05) is 11.9 Å². The van der Waals surface area contributed by atoms with E-state index in [9.17, 15) is 14.0 Å². The van der Waals surface area contributed by atoms with Crippen LogP contribution in [0.5, 0.6) is 0 Å². The molecule has 29 heavy (non-hydrogen) atoms. The molecule has 2 N–H and O–H groups in total. The van der Waals surface area contributed by atoms with Gasteiger partial charge in [0.15, 0.2) is 0 Å². The van der Waals surface area contributed by atoms with Crippen LogP contribution in [0.15, 0.2) is 61.1 Å². The molecule has 2 heterocycles. The third-order valence-corrected chi connectivity index (χ3v) is 4.45. The zero-order chi connectivity index (χ0) is 20.9. The average molecular weight is 395 g/mol. The van der Waals surface area contributed by atoms with E-state index in [1.165, 1.54) is 29.2 Å². The number of anilines is 1. The van der Waals surface area contributed by atoms with E-state index >= 15 is 0 Å². The Bertz CT molecular complexity index is 984. The summed E-state index contributed by atoms with van der Waals surface area (Å²) in [4.78, 5) is 28.4. The summed E-state index contributed by atoms with van der Waals surface area (Å²) in [5, 5.41) is 9.65. The second kappa shape index (κ2) is 8.64. The maximum Gasteiger partial charge on any atom is 0.274 e. The molecular formula is C21H22FN5O2. The van der Waals surface area contributed by atoms with Crippen molar-refractivity contribution in [1.29, 1.82) is 0 Å². The summed E-state index contributed by atoms with van der Waals surface area (Å²) < 4.78 is 14.5. The van der Waals surface area contributed by atoms with Gasteiger partial charge in [-0.2, -0.15) is 5.10 Å². The van der Waals surface area contributed by atoms with Gasteiger partial charge in [-0.25, -0.2) is 4.39 Å². The van der Waals surface area contributed by atoms with Crippen LogP contribution in [0.3, 0.4) is 0 Å². The first-order chi connectivity index (χ1) is 13.8. The fraction of sp³-hybridized carbons (Fsp3) is 0.238. The minimum atomic E-state index is -0.352. The van der Waals surface area contributed by atoms with Crippen molar-refractivity contribution in [3.05, 3.63) is 78.1 Å². The predicted octanol–water partition coefficient (Wildman–Crippen LogP) is 2.76. The van der Waals surface area contributed by atoms with Crippen LogP contribution in [0, 0.1) is 5.82 Å². The van der Waals surface area contributed by atoms with Gasteiger partial charge in [-0.3, -0.25) is 19.3 Å². The van der Waals surface area contributed by atoms with Gasteiger partial charge in [0.05, 0.1) is 11.9 Å². The van der Waals surface area contributed by atoms with E-state index in [0.29, 0.717) is 17.9 Å². The number of aromatic nitrogens is 3. The highest BCUT2D eigenvalue weighted by atomic mass is 19.1. The Labute approximate surface area is 168 Å². The molecule has 0 fully saturated rings. The molecule has 2 aromatic heterocycles. The maximum atomic E-state index is 13.1. The lowest BCUT2D eigenvalue weighted by Crippen LogP contribution is -2.38. The monoisotopic (exact) mass is 395 g/mol. The minimum Gasteiger partial charge on any atom is -0.354 e. The number of rotatable bonds is 7. The fourth-order valence-electron chi connectivity index (χ4n) is 2.73. The fourth-order valence-corrected chi connectivity index (χ4v) is 2.73. The normalized spacial score (nSPS) is 11.1. The number of pyridine rings is 1. The van der Waals surface area contributed by atoms with Gasteiger partial charge in [0.1, 0.15) is 18.1 Å². The molecule has 0 atom stereocenters. The van der Waals surface area contributed by atoms with Crippen molar-refractivity contribution in [2.45, 2.75) is 25.8 Å². The van der Waals surface area contributed by atoms with Crippen LogP contribution in [0.1, 0.15) is 29.9 Å². The van der Waals surface area contributed by atoms with Crippen LogP contribution >= 0.6 is 0 Å². The van der Waals surface area contributed by atoms with Gasteiger partial charge in [-0.05, 0) is 29.8 Å². The number of carbonyl (C=O) groups excluding carboxylic acids is 2. The van der Waals surface area contributed by atoms with Gasteiger partial charge < -0.3 is 10.6 Å². The Kier molecular flexibility index (Phi) is 6.01. The van der Waals surface area contributed by atoms with Crippen molar-refractivity contribution >= 4 is 17.5 Å². The number of amides is 2. The van der Waals surface area contributed by atoms with Crippen molar-refractivity contribution in [3.8, 4) is 0 Å². The van der Waals surface area contributed by atoms with Crippen LogP contribution in [-0.2, 0) is 16.8 Å². The molecule has 0 spiro atoms. The molecule has 0 saturated heterocycles. The molecule has 0 unspecified atom stereocenters. The first kappa shape index (κ1) is 20.2. The van der Waals surface area contributed by atoms with E-state index in [0.717, 1.165) is 5.56 Å². The zero-order valence-corrected chi connectivity index (χ0v) is 16.2. The number of halogens is 1. The summed E-state index contributed by atoms with van der Waals surface area (Å²) in [5.41, 5.74) is 1.34. The summed E-state index contributed by atoms with van der Waals surface area (Å²) in [6.45, 7) is 4.35. The van der Waals surface area contributed by atoms with Gasteiger partial charge in [-0.1, -0.05) is 32.0 Å². The predicted molar refractivity (Wildman–Crippen MR) is 107 cm³/mol. The summed E-state index contributed by atoms with van der Waals surface area (Å²) in [7, 11) is 0. The smallest absolute Gasteiger partial charge is 0.274 e. The van der Waals surface area contributed by atoms with E-state index in [1.807, 2.05) is 13.8 Å². The van der Waals surface area contributed by atoms with Crippen molar-refractivity contribution in [1.82, 2.24) is 20.1 Å². The Morgan fingerprint density at radius 1 is 1.14 bits per heavy atom. The van der Waals surface area contributed by atoms with Crippen molar-refractivity contribution < 1.29 is 14.0 Å². The summed E-state index contributed by atoms with van der Waals surface area (Å²) >= 11 is 0. The van der Waals surface area contributed by atoms with Crippen LogP contribution < -0.4 is 10.6 Å². The molecule has 3 rings (SSSR count). The SMILES string of the molecule is CC(C)(CNC(=O)Cn1cc(NC(=O)c2ccccn2)cn1)c1ccc(F)cc1. The Morgan fingerprint density at radius 2 is 1.90 bits per heavy atom. The Hall–Kier alpha value is -3.55. The molecular weight excluding hydrogens is 373 g/mol. The molecule has 3 aromatic rings. The average Bonchev–Trinajstić information content (AvgIpc) is 3.14. The van der Waals surface area contributed by atoms with Gasteiger partial charge in [0.25, 0.3) is 5.91 Å². The topological polar surface area (TPSA) is 88.9 Å². The van der Waals surface area contributed by atoms with E-state index < -0.39 is 0 Å². The Morgan fingerprint density at radius 3 is 2.59 bits per heavy atom. The third-order valence-electron chi connectivity index (χ3n) is 4.45. The van der Waals surface area contributed by atoms with E-state index in [-0.39, 0.29) is 29.6 Å². The highest BCUT2D eigenvalue weighted by Crippen LogP contribution is 2.22. The minimum absolute atomic E-state index is 0.0129. The molecule has 7 nitrogen and oxygen atoms in total. The lowest BCUT2D eigenvalue weighted by Gasteiger charge is -2.25. The number of nitrogens with zero attached hydrogens (tertiary/aromatic N) is 3. The molecule has 0 aliphatic heterocycles. The van der Waals surface area contributed by atoms with Crippen molar-refractivity contribution in [3.63, 3.8) is 0 Å². The lowest BCUT2D eigenvalue weighted by atomic mass is 9.84. The quantitative estimate of drug-likeness (QED) is 0.644. The van der Waals surface area contributed by atoms with E-state index in [1.54, 1.807) is 36.5 Å². The van der Waals surface area contributed by atoms with Gasteiger partial charge in [0.2, 0.25) is 5.91 Å². The Balaban J connectivity index is 1.52. The van der Waals surface area contributed by atoms with Crippen molar-refractivity contribution in [2.24, 2.45) is 0 Å². The first-order valence-corrected chi connectivity index (χ1v) is 9.11. The summed E-state index contributed by atoms with van der Waals surface area (Å²) in [6.07, 6.45) is 4.58. The lowest BCUT2D eigenvalue weighted by molar-refractivity contribution is -0.122. The number of benzene rings is 1. The molecule has 0 aliphatic carbocycles. The first-order valence-electron chi connectivity index (χ1n) is 9.11. The van der Waals surface area contributed by atoms with Gasteiger partial charge >= 0.3 is 0 Å². The van der Waals surface area contributed by atoms with Crippen LogP contribution in [0.2, 0.25) is 0 Å². The van der Waals surface area contributed by atoms with E-state index in [2.05, 4.69) is 20.7 Å². The number of carbonyl (C=O) groups is 2. The molecule has 1 aromatic carbocycles. The second-order valence-electron chi connectivity index (χ2n) is 7.26. The molecule has 2 amide bonds. The third kappa shape index (κ3) is 5.47. The summed E-state index contributed by atoms with van der Waals surface area (Å²) in [5.74, 6) is -0.861. The molecule has 0 bridgehead atoms. The molecule has 150 valence electrons. The standard InChI is InChI=1S/C21H22FN5O2/c1-21(2,15-6-8-16(22)9-7-15)14-24-19(28)13-27-12-17(11-25-27)26-20(29)18-5-3-4-10-23-18/h3-12H,13-14H2,1-2H3,(H,24,28)(H,26,29). The highest BCUT2D eigenvalue weighted by molar-refractivity contribution is 6.02. The maximum absolute atomic E-state index is 13.1. The van der Waals surface area contributed by atoms with Crippen LogP contribution in [-0.4, -0.2) is 33.1 Å². The molecule has 0 saturated carbocycles. The molecule has 0 radical (unpaired) electrons. The van der Waals surface area contributed by atoms with Gasteiger partial charge in [0, 0.05) is 24.4 Å². The highest BCUT2D eigenvalue weighted by Gasteiger charge is 2.21. The molecule has 8 heteroatoms. The summed E-state index contributed by atoms with van der Waals surface area (Å²) in [6, 6.07) is 11.3. The number of hydrogen-bond donors (Lipinski definition) is 2. The number of hydrogen-bond acceptors (Lipinski definition) is 4. The number of nitrogens with one attached hydrogen (secondary N) is 2. The molecule has 0 aliphatic rings. The van der Waals surface area contributed by atoms with Crippen LogP contribution in [0.4, 0.5) is 10.1 Å². The zero-order valence-electron chi connectivity index (χ0n) is 16.2. The largest absolute Gasteiger partial charge is 0.354 e. The second-order valence-corrected chi connectivity index (χ2v) is 7.26. The van der Waals surface area contributed by atoms with Gasteiger partial charge in [-0.15, -0.1) is 0 Å².